The lowest BCUT2D eigenvalue weighted by molar-refractivity contribution is -0.137. The van der Waals surface area contributed by atoms with Gasteiger partial charge in [-0.25, -0.2) is 13.1 Å². The lowest BCUT2D eigenvalue weighted by Gasteiger charge is -2.16. The van der Waals surface area contributed by atoms with Crippen molar-refractivity contribution >= 4 is 15.7 Å². The molecule has 2 aromatic carbocycles. The second kappa shape index (κ2) is 7.65. The molecule has 0 radical (unpaired) electrons. The van der Waals surface area contributed by atoms with E-state index in [1.807, 2.05) is 19.0 Å². The summed E-state index contributed by atoms with van der Waals surface area (Å²) in [6.07, 6.45) is -5.77. The summed E-state index contributed by atoms with van der Waals surface area (Å²) in [5.41, 5.74) is 0.341. The van der Waals surface area contributed by atoms with Crippen LogP contribution in [0.4, 0.5) is 18.9 Å². The van der Waals surface area contributed by atoms with E-state index in [-0.39, 0.29) is 6.54 Å². The summed E-state index contributed by atoms with van der Waals surface area (Å²) in [7, 11) is -0.474. The maximum atomic E-state index is 12.7. The number of benzene rings is 2. The van der Waals surface area contributed by atoms with Crippen LogP contribution in [0.5, 0.6) is 0 Å². The Kier molecular flexibility index (Phi) is 5.94. The molecule has 2 N–H and O–H groups in total. The highest BCUT2D eigenvalue weighted by Gasteiger charge is 2.31. The van der Waals surface area contributed by atoms with E-state index in [2.05, 4.69) is 4.72 Å². The van der Waals surface area contributed by atoms with Gasteiger partial charge in [-0.2, -0.15) is 13.2 Å². The molecule has 0 aliphatic carbocycles. The van der Waals surface area contributed by atoms with Crippen molar-refractivity contribution in [3.63, 3.8) is 0 Å². The van der Waals surface area contributed by atoms with E-state index in [1.54, 1.807) is 24.3 Å². The average Bonchev–Trinajstić information content (AvgIpc) is 2.59. The molecule has 0 saturated heterocycles. The summed E-state index contributed by atoms with van der Waals surface area (Å²) in [4.78, 5) is 1.36. The van der Waals surface area contributed by atoms with Gasteiger partial charge in [-0.15, -0.1) is 0 Å². The molecule has 0 aliphatic rings. The molecular formula is C17H19F3N2O3S. The van der Waals surface area contributed by atoms with Gasteiger partial charge in [0, 0.05) is 26.3 Å². The molecule has 1 atom stereocenters. The standard InChI is InChI=1S/C17H19F3N2O3S/c1-22(2)14-8-6-12(7-9-14)16(23)11-21-26(24,25)15-5-3-4-13(10-15)17(18,19)20/h3-10,16,21,23H,11H2,1-2H3/t16-/m1/s1. The lowest BCUT2D eigenvalue weighted by atomic mass is 10.1. The number of rotatable bonds is 6. The highest BCUT2D eigenvalue weighted by atomic mass is 32.2. The zero-order valence-corrected chi connectivity index (χ0v) is 15.0. The smallest absolute Gasteiger partial charge is 0.387 e. The van der Waals surface area contributed by atoms with Crippen LogP contribution in [0.2, 0.25) is 0 Å². The monoisotopic (exact) mass is 388 g/mol. The van der Waals surface area contributed by atoms with Gasteiger partial charge in [-0.3, -0.25) is 0 Å². The van der Waals surface area contributed by atoms with Crippen LogP contribution in [0.15, 0.2) is 53.4 Å². The van der Waals surface area contributed by atoms with Crippen molar-refractivity contribution in [2.24, 2.45) is 0 Å². The molecule has 2 aromatic rings. The highest BCUT2D eigenvalue weighted by molar-refractivity contribution is 7.89. The molecule has 26 heavy (non-hydrogen) atoms. The van der Waals surface area contributed by atoms with Crippen LogP contribution in [0, 0.1) is 0 Å². The summed E-state index contributed by atoms with van der Waals surface area (Å²) in [5, 5.41) is 10.1. The number of anilines is 1. The van der Waals surface area contributed by atoms with Crippen LogP contribution < -0.4 is 9.62 Å². The van der Waals surface area contributed by atoms with E-state index in [4.69, 9.17) is 0 Å². The van der Waals surface area contributed by atoms with E-state index >= 15 is 0 Å². The third-order valence-electron chi connectivity index (χ3n) is 3.73. The van der Waals surface area contributed by atoms with Gasteiger partial charge in [0.1, 0.15) is 0 Å². The van der Waals surface area contributed by atoms with Gasteiger partial charge in [0.15, 0.2) is 0 Å². The predicted octanol–water partition coefficient (Wildman–Crippen LogP) is 2.78. The minimum absolute atomic E-state index is 0.361. The van der Waals surface area contributed by atoms with E-state index in [0.717, 1.165) is 23.9 Å². The largest absolute Gasteiger partial charge is 0.416 e. The Hall–Kier alpha value is -2.10. The van der Waals surface area contributed by atoms with Crippen LogP contribution in [0.1, 0.15) is 17.2 Å². The predicted molar refractivity (Wildman–Crippen MR) is 92.4 cm³/mol. The first kappa shape index (κ1) is 20.2. The molecule has 2 rings (SSSR count). The molecule has 0 spiro atoms. The van der Waals surface area contributed by atoms with Crippen molar-refractivity contribution in [2.75, 3.05) is 25.5 Å². The third kappa shape index (κ3) is 4.96. The van der Waals surface area contributed by atoms with Crippen molar-refractivity contribution in [3.05, 3.63) is 59.7 Å². The summed E-state index contributed by atoms with van der Waals surface area (Å²) >= 11 is 0. The summed E-state index contributed by atoms with van der Waals surface area (Å²) in [6.45, 7) is -0.361. The van der Waals surface area contributed by atoms with E-state index in [0.29, 0.717) is 11.6 Å². The second-order valence-corrected chi connectivity index (χ2v) is 7.65. The van der Waals surface area contributed by atoms with E-state index in [9.17, 15) is 26.7 Å². The topological polar surface area (TPSA) is 69.6 Å². The van der Waals surface area contributed by atoms with Crippen molar-refractivity contribution < 1.29 is 26.7 Å². The Morgan fingerprint density at radius 1 is 1.12 bits per heavy atom. The third-order valence-corrected chi connectivity index (χ3v) is 5.15. The Bertz CT molecular complexity index is 850. The molecule has 5 nitrogen and oxygen atoms in total. The van der Waals surface area contributed by atoms with E-state index < -0.39 is 32.8 Å². The van der Waals surface area contributed by atoms with Gasteiger partial charge < -0.3 is 10.0 Å². The van der Waals surface area contributed by atoms with Crippen molar-refractivity contribution in [2.45, 2.75) is 17.2 Å². The molecule has 0 bridgehead atoms. The second-order valence-electron chi connectivity index (χ2n) is 5.88. The Labute approximate surface area is 150 Å². The first-order valence-corrected chi connectivity index (χ1v) is 9.11. The van der Waals surface area contributed by atoms with Crippen LogP contribution in [-0.4, -0.2) is 34.2 Å². The molecule has 0 aromatic heterocycles. The number of hydrogen-bond donors (Lipinski definition) is 2. The fourth-order valence-corrected chi connectivity index (χ4v) is 3.31. The molecular weight excluding hydrogens is 369 g/mol. The number of alkyl halides is 3. The van der Waals surface area contributed by atoms with Crippen LogP contribution in [0.25, 0.3) is 0 Å². The van der Waals surface area contributed by atoms with Crippen molar-refractivity contribution in [1.29, 1.82) is 0 Å². The number of sulfonamides is 1. The summed E-state index contributed by atoms with van der Waals surface area (Å²) < 4.78 is 64.7. The Morgan fingerprint density at radius 3 is 2.27 bits per heavy atom. The van der Waals surface area contributed by atoms with Gasteiger partial charge in [0.2, 0.25) is 10.0 Å². The lowest BCUT2D eigenvalue weighted by Crippen LogP contribution is -2.28. The fourth-order valence-electron chi connectivity index (χ4n) is 2.22. The zero-order chi connectivity index (χ0) is 19.5. The van der Waals surface area contributed by atoms with Crippen LogP contribution >= 0.6 is 0 Å². The van der Waals surface area contributed by atoms with Crippen LogP contribution in [0.3, 0.4) is 0 Å². The van der Waals surface area contributed by atoms with Crippen molar-refractivity contribution in [3.8, 4) is 0 Å². The molecule has 0 amide bonds. The molecule has 142 valence electrons. The first-order valence-electron chi connectivity index (χ1n) is 7.63. The van der Waals surface area contributed by atoms with E-state index in [1.165, 1.54) is 0 Å². The maximum Gasteiger partial charge on any atom is 0.416 e. The Morgan fingerprint density at radius 2 is 1.73 bits per heavy atom. The molecule has 0 unspecified atom stereocenters. The number of aliphatic hydroxyl groups excluding tert-OH is 1. The maximum absolute atomic E-state index is 12.7. The Balaban J connectivity index is 2.10. The minimum Gasteiger partial charge on any atom is -0.387 e. The highest BCUT2D eigenvalue weighted by Crippen LogP contribution is 2.30. The van der Waals surface area contributed by atoms with Gasteiger partial charge in [0.25, 0.3) is 0 Å². The molecule has 9 heteroatoms. The number of nitrogens with zero attached hydrogens (tertiary/aromatic N) is 1. The normalized spacial score (nSPS) is 13.5. The van der Waals surface area contributed by atoms with Gasteiger partial charge in [-0.05, 0) is 35.9 Å². The van der Waals surface area contributed by atoms with Gasteiger partial charge in [-0.1, -0.05) is 18.2 Å². The SMILES string of the molecule is CN(C)c1ccc([C@H](O)CNS(=O)(=O)c2cccc(C(F)(F)F)c2)cc1. The number of halogens is 3. The van der Waals surface area contributed by atoms with Crippen LogP contribution in [-0.2, 0) is 16.2 Å². The van der Waals surface area contributed by atoms with Gasteiger partial charge in [0.05, 0.1) is 16.6 Å². The first-order chi connectivity index (χ1) is 12.0. The van der Waals surface area contributed by atoms with Crippen molar-refractivity contribution in [1.82, 2.24) is 4.72 Å². The molecule has 0 heterocycles. The summed E-state index contributed by atoms with van der Waals surface area (Å²) in [5.74, 6) is 0. The van der Waals surface area contributed by atoms with Gasteiger partial charge >= 0.3 is 6.18 Å². The summed E-state index contributed by atoms with van der Waals surface area (Å²) in [6, 6.07) is 10.3. The average molecular weight is 388 g/mol. The minimum atomic E-state index is -4.64. The quantitative estimate of drug-likeness (QED) is 0.799. The molecule has 0 saturated carbocycles. The number of aliphatic hydroxyl groups is 1. The number of nitrogens with one attached hydrogen (secondary N) is 1. The molecule has 0 fully saturated rings. The fraction of sp³-hybridized carbons (Fsp3) is 0.294. The molecule has 0 aliphatic heterocycles. The zero-order valence-electron chi connectivity index (χ0n) is 14.2. The number of hydrogen-bond acceptors (Lipinski definition) is 4.